The normalized spacial score (nSPS) is 11.8. The standard InChI is InChI=1S/C19H24N8/c1-12(24-26-18(20)21)16-7-3-14(4-8-16)11-15-5-9-17(10-6-15)13(2)25-27-19(22)23/h3-10H,11H2,1-2H3,(H4,20,21,26)(H4,22,23,27)/b24-12+,25-13+. The third-order valence-corrected chi connectivity index (χ3v) is 3.78. The van der Waals surface area contributed by atoms with E-state index in [1.807, 2.05) is 38.1 Å². The lowest BCUT2D eigenvalue weighted by atomic mass is 10.0. The fourth-order valence-corrected chi connectivity index (χ4v) is 2.34. The van der Waals surface area contributed by atoms with Crippen LogP contribution < -0.4 is 22.9 Å². The molecular formula is C19H24N8. The Kier molecular flexibility index (Phi) is 6.65. The molecule has 27 heavy (non-hydrogen) atoms. The van der Waals surface area contributed by atoms with E-state index in [2.05, 4.69) is 44.7 Å². The van der Waals surface area contributed by atoms with Crippen LogP contribution in [-0.4, -0.2) is 23.3 Å². The lowest BCUT2D eigenvalue weighted by molar-refractivity contribution is 1.18. The summed E-state index contributed by atoms with van der Waals surface area (Å²) in [7, 11) is 0. The van der Waals surface area contributed by atoms with Crippen molar-refractivity contribution in [1.82, 2.24) is 0 Å². The quantitative estimate of drug-likeness (QED) is 0.346. The van der Waals surface area contributed by atoms with Crippen LogP contribution in [0.3, 0.4) is 0 Å². The van der Waals surface area contributed by atoms with Crippen molar-refractivity contribution < 1.29 is 0 Å². The van der Waals surface area contributed by atoms with Gasteiger partial charge in [0.15, 0.2) is 0 Å². The molecule has 0 atom stereocenters. The van der Waals surface area contributed by atoms with Gasteiger partial charge in [-0.2, -0.15) is 10.2 Å². The zero-order chi connectivity index (χ0) is 19.8. The lowest BCUT2D eigenvalue weighted by Gasteiger charge is -2.06. The second kappa shape index (κ2) is 9.14. The third kappa shape index (κ3) is 6.28. The minimum atomic E-state index is -0.0620. The van der Waals surface area contributed by atoms with Gasteiger partial charge in [-0.3, -0.25) is 0 Å². The van der Waals surface area contributed by atoms with Crippen LogP contribution in [0, 0.1) is 0 Å². The summed E-state index contributed by atoms with van der Waals surface area (Å²) in [6.45, 7) is 3.71. The first-order valence-electron chi connectivity index (χ1n) is 8.30. The second-order valence-electron chi connectivity index (χ2n) is 5.99. The van der Waals surface area contributed by atoms with E-state index in [1.165, 1.54) is 11.1 Å². The molecule has 0 radical (unpaired) electrons. The second-order valence-corrected chi connectivity index (χ2v) is 5.99. The maximum absolute atomic E-state index is 5.28. The molecule has 140 valence electrons. The number of rotatable bonds is 6. The van der Waals surface area contributed by atoms with Gasteiger partial charge in [-0.1, -0.05) is 48.5 Å². The van der Waals surface area contributed by atoms with Gasteiger partial charge in [0, 0.05) is 0 Å². The van der Waals surface area contributed by atoms with Crippen LogP contribution in [0.4, 0.5) is 0 Å². The SMILES string of the molecule is C/C(=N\N=C(N)N)c1ccc(Cc2ccc(/C(C)=N/N=C(N)N)cc2)cc1. The zero-order valence-corrected chi connectivity index (χ0v) is 15.4. The van der Waals surface area contributed by atoms with E-state index < -0.39 is 0 Å². The molecule has 2 aromatic rings. The van der Waals surface area contributed by atoms with Crippen LogP contribution >= 0.6 is 0 Å². The molecular weight excluding hydrogens is 340 g/mol. The Morgan fingerprint density at radius 2 is 0.926 bits per heavy atom. The summed E-state index contributed by atoms with van der Waals surface area (Å²) in [6, 6.07) is 16.2. The highest BCUT2D eigenvalue weighted by Gasteiger charge is 2.02. The summed E-state index contributed by atoms with van der Waals surface area (Å²) in [4.78, 5) is 0. The van der Waals surface area contributed by atoms with Crippen LogP contribution in [0.5, 0.6) is 0 Å². The first-order valence-corrected chi connectivity index (χ1v) is 8.30. The van der Waals surface area contributed by atoms with E-state index in [1.54, 1.807) is 0 Å². The number of benzene rings is 2. The van der Waals surface area contributed by atoms with Crippen molar-refractivity contribution in [3.63, 3.8) is 0 Å². The van der Waals surface area contributed by atoms with E-state index >= 15 is 0 Å². The van der Waals surface area contributed by atoms with E-state index in [0.717, 1.165) is 29.0 Å². The molecule has 8 nitrogen and oxygen atoms in total. The molecule has 0 aromatic heterocycles. The number of nitrogens with zero attached hydrogens (tertiary/aromatic N) is 4. The van der Waals surface area contributed by atoms with Crippen LogP contribution in [0.15, 0.2) is 68.9 Å². The molecule has 0 amide bonds. The fraction of sp³-hybridized carbons (Fsp3) is 0.158. The Morgan fingerprint density at radius 3 is 1.22 bits per heavy atom. The van der Waals surface area contributed by atoms with Crippen molar-refractivity contribution in [3.8, 4) is 0 Å². The molecule has 0 aliphatic carbocycles. The maximum Gasteiger partial charge on any atom is 0.211 e. The molecule has 0 bridgehead atoms. The number of hydrogen-bond acceptors (Lipinski definition) is 4. The first-order chi connectivity index (χ1) is 12.8. The largest absolute Gasteiger partial charge is 0.369 e. The summed E-state index contributed by atoms with van der Waals surface area (Å²) in [5.74, 6) is -0.124. The highest BCUT2D eigenvalue weighted by Crippen LogP contribution is 2.13. The van der Waals surface area contributed by atoms with Gasteiger partial charge in [-0.05, 0) is 42.5 Å². The molecule has 0 unspecified atom stereocenters. The Morgan fingerprint density at radius 1 is 0.593 bits per heavy atom. The van der Waals surface area contributed by atoms with Crippen molar-refractivity contribution in [3.05, 3.63) is 70.8 Å². The number of guanidine groups is 2. The maximum atomic E-state index is 5.28. The highest BCUT2D eigenvalue weighted by atomic mass is 15.3. The van der Waals surface area contributed by atoms with E-state index in [9.17, 15) is 0 Å². The summed E-state index contributed by atoms with van der Waals surface area (Å²) >= 11 is 0. The predicted molar refractivity (Wildman–Crippen MR) is 112 cm³/mol. The van der Waals surface area contributed by atoms with Crippen molar-refractivity contribution >= 4 is 23.3 Å². The molecule has 8 N–H and O–H groups in total. The molecule has 0 heterocycles. The van der Waals surface area contributed by atoms with Crippen molar-refractivity contribution in [2.24, 2.45) is 43.3 Å². The van der Waals surface area contributed by atoms with Gasteiger partial charge in [0.05, 0.1) is 11.4 Å². The molecule has 0 aliphatic heterocycles. The predicted octanol–water partition coefficient (Wildman–Crippen LogP) is 1.27. The minimum absolute atomic E-state index is 0.0620. The fourth-order valence-electron chi connectivity index (χ4n) is 2.34. The van der Waals surface area contributed by atoms with Crippen LogP contribution in [0.2, 0.25) is 0 Å². The molecule has 0 aliphatic rings. The van der Waals surface area contributed by atoms with Gasteiger partial charge in [0.25, 0.3) is 0 Å². The van der Waals surface area contributed by atoms with Crippen molar-refractivity contribution in [2.75, 3.05) is 0 Å². The molecule has 0 fully saturated rings. The average molecular weight is 364 g/mol. The summed E-state index contributed by atoms with van der Waals surface area (Å²) in [5.41, 5.74) is 26.9. The van der Waals surface area contributed by atoms with Crippen molar-refractivity contribution in [1.29, 1.82) is 0 Å². The van der Waals surface area contributed by atoms with Crippen LogP contribution in [0.1, 0.15) is 36.1 Å². The summed E-state index contributed by atoms with van der Waals surface area (Å²) in [5, 5.41) is 15.3. The Hall–Kier alpha value is -3.68. The Bertz CT molecular complexity index is 807. The zero-order valence-electron chi connectivity index (χ0n) is 15.4. The monoisotopic (exact) mass is 364 g/mol. The van der Waals surface area contributed by atoms with Gasteiger partial charge in [-0.15, -0.1) is 10.2 Å². The number of hydrogen-bond donors (Lipinski definition) is 4. The topological polar surface area (TPSA) is 154 Å². The lowest BCUT2D eigenvalue weighted by Crippen LogP contribution is -2.22. The average Bonchev–Trinajstić information content (AvgIpc) is 2.65. The molecule has 0 saturated carbocycles. The van der Waals surface area contributed by atoms with E-state index in [-0.39, 0.29) is 11.9 Å². The number of nitrogens with two attached hydrogens (primary N) is 4. The van der Waals surface area contributed by atoms with Crippen molar-refractivity contribution in [2.45, 2.75) is 20.3 Å². The molecule has 0 spiro atoms. The molecule has 2 aromatic carbocycles. The van der Waals surface area contributed by atoms with Crippen LogP contribution in [0.25, 0.3) is 0 Å². The first kappa shape index (κ1) is 19.6. The molecule has 2 rings (SSSR count). The third-order valence-electron chi connectivity index (χ3n) is 3.78. The Balaban J connectivity index is 2.07. The van der Waals surface area contributed by atoms with Gasteiger partial charge >= 0.3 is 0 Å². The summed E-state index contributed by atoms with van der Waals surface area (Å²) in [6.07, 6.45) is 0.814. The minimum Gasteiger partial charge on any atom is -0.369 e. The smallest absolute Gasteiger partial charge is 0.211 e. The van der Waals surface area contributed by atoms with E-state index in [0.29, 0.717) is 0 Å². The van der Waals surface area contributed by atoms with E-state index in [4.69, 9.17) is 22.9 Å². The molecule has 8 heteroatoms. The highest BCUT2D eigenvalue weighted by molar-refractivity contribution is 5.99. The van der Waals surface area contributed by atoms with Gasteiger partial charge in [-0.25, -0.2) is 0 Å². The van der Waals surface area contributed by atoms with Gasteiger partial charge in [0.1, 0.15) is 0 Å². The molecule has 0 saturated heterocycles. The van der Waals surface area contributed by atoms with Gasteiger partial charge < -0.3 is 22.9 Å². The summed E-state index contributed by atoms with van der Waals surface area (Å²) < 4.78 is 0. The van der Waals surface area contributed by atoms with Gasteiger partial charge in [0.2, 0.25) is 11.9 Å². The van der Waals surface area contributed by atoms with Crippen LogP contribution in [-0.2, 0) is 6.42 Å². The Labute approximate surface area is 158 Å².